The van der Waals surface area contributed by atoms with E-state index in [-0.39, 0.29) is 0 Å². The molecule has 0 saturated heterocycles. The molecule has 0 bridgehead atoms. The second kappa shape index (κ2) is 3.32. The first kappa shape index (κ1) is 9.95. The van der Waals surface area contributed by atoms with Gasteiger partial charge in [-0.15, -0.1) is 0 Å². The minimum atomic E-state index is -5.05. The van der Waals surface area contributed by atoms with Crippen LogP contribution in [-0.2, 0) is 0 Å². The summed E-state index contributed by atoms with van der Waals surface area (Å²) in [5.74, 6) is -1.19. The molecule has 72 valence electrons. The van der Waals surface area contributed by atoms with Crippen molar-refractivity contribution in [1.82, 2.24) is 0 Å². The first-order valence-electron chi connectivity index (χ1n) is 3.38. The van der Waals surface area contributed by atoms with Gasteiger partial charge in [0.15, 0.2) is 0 Å². The van der Waals surface area contributed by atoms with E-state index in [1.165, 1.54) is 6.07 Å². The van der Waals surface area contributed by atoms with Gasteiger partial charge in [0.05, 0.1) is 0 Å². The van der Waals surface area contributed by atoms with E-state index in [2.05, 4.69) is 0 Å². The molecule has 0 fully saturated rings. The van der Waals surface area contributed by atoms with Crippen LogP contribution in [0.4, 0.5) is 22.0 Å². The predicted molar refractivity (Wildman–Crippen MR) is 36.3 cm³/mol. The van der Waals surface area contributed by atoms with Crippen LogP contribution in [0.1, 0.15) is 11.7 Å². The topological polar surface area (TPSA) is 0 Å². The molecule has 0 amide bonds. The fourth-order valence-electron chi connectivity index (χ4n) is 0.857. The van der Waals surface area contributed by atoms with Gasteiger partial charge in [-0.1, -0.05) is 18.2 Å². The minimum absolute atomic E-state index is 0.771. The predicted octanol–water partition coefficient (Wildman–Crippen LogP) is 3.40. The largest absolute Gasteiger partial charge is 0.424 e. The monoisotopic (exact) mass is 196 g/mol. The first-order valence-corrected chi connectivity index (χ1v) is 3.38. The lowest BCUT2D eigenvalue weighted by molar-refractivity contribution is -0.183. The molecule has 13 heavy (non-hydrogen) atoms. The molecular weight excluding hydrogens is 191 g/mol. The lowest BCUT2D eigenvalue weighted by Crippen LogP contribution is -2.17. The van der Waals surface area contributed by atoms with Crippen LogP contribution in [0, 0.1) is 5.82 Å². The van der Waals surface area contributed by atoms with Crippen LogP contribution < -0.4 is 0 Å². The van der Waals surface area contributed by atoms with Crippen LogP contribution in [0.5, 0.6) is 0 Å². The van der Waals surface area contributed by atoms with Gasteiger partial charge in [0.2, 0.25) is 6.17 Å². The quantitative estimate of drug-likeness (QED) is 0.604. The standard InChI is InChI=1S/C8H5F5/c9-6-4-2-1-3-5(6)7(10)8(11,12)13/h1-4,7H. The second-order valence-corrected chi connectivity index (χ2v) is 2.43. The normalized spacial score (nSPS) is 14.2. The number of alkyl halides is 4. The van der Waals surface area contributed by atoms with Crippen LogP contribution in [-0.4, -0.2) is 6.18 Å². The Morgan fingerprint density at radius 3 is 2.08 bits per heavy atom. The van der Waals surface area contributed by atoms with Crippen LogP contribution in [0.3, 0.4) is 0 Å². The Morgan fingerprint density at radius 2 is 1.62 bits per heavy atom. The molecule has 1 rings (SSSR count). The average molecular weight is 196 g/mol. The second-order valence-electron chi connectivity index (χ2n) is 2.43. The molecule has 0 N–H and O–H groups in total. The Bertz CT molecular complexity index is 291. The van der Waals surface area contributed by atoms with Gasteiger partial charge in [0.25, 0.3) is 0 Å². The lowest BCUT2D eigenvalue weighted by Gasteiger charge is -2.12. The average Bonchev–Trinajstić information content (AvgIpc) is 2.02. The van der Waals surface area contributed by atoms with Crippen molar-refractivity contribution in [3.63, 3.8) is 0 Å². The van der Waals surface area contributed by atoms with Crippen LogP contribution >= 0.6 is 0 Å². The summed E-state index contributed by atoms with van der Waals surface area (Å²) >= 11 is 0. The van der Waals surface area contributed by atoms with Crippen LogP contribution in [0.15, 0.2) is 24.3 Å². The molecule has 0 aromatic heterocycles. The molecule has 1 atom stereocenters. The molecule has 1 aromatic rings. The minimum Gasteiger partial charge on any atom is -0.232 e. The third-order valence-corrected chi connectivity index (χ3v) is 1.47. The van der Waals surface area contributed by atoms with Gasteiger partial charge in [-0.05, 0) is 6.07 Å². The fraction of sp³-hybridized carbons (Fsp3) is 0.250. The summed E-state index contributed by atoms with van der Waals surface area (Å²) in [4.78, 5) is 0. The fourth-order valence-corrected chi connectivity index (χ4v) is 0.857. The van der Waals surface area contributed by atoms with Gasteiger partial charge in [0, 0.05) is 5.56 Å². The number of hydrogen-bond acceptors (Lipinski definition) is 0. The van der Waals surface area contributed by atoms with Crippen LogP contribution in [0.25, 0.3) is 0 Å². The summed E-state index contributed by atoms with van der Waals surface area (Å²) < 4.78 is 60.5. The Balaban J connectivity index is 3.02. The van der Waals surface area contributed by atoms with Crippen molar-refractivity contribution >= 4 is 0 Å². The van der Waals surface area contributed by atoms with Crippen LogP contribution in [0.2, 0.25) is 0 Å². The zero-order valence-electron chi connectivity index (χ0n) is 6.28. The Kier molecular flexibility index (Phi) is 2.54. The van der Waals surface area contributed by atoms with E-state index in [4.69, 9.17) is 0 Å². The van der Waals surface area contributed by atoms with E-state index in [9.17, 15) is 22.0 Å². The third kappa shape index (κ3) is 2.17. The molecular formula is C8H5F5. The number of hydrogen-bond donors (Lipinski definition) is 0. The molecule has 1 aromatic carbocycles. The maximum absolute atomic E-state index is 12.6. The third-order valence-electron chi connectivity index (χ3n) is 1.47. The van der Waals surface area contributed by atoms with E-state index < -0.39 is 23.7 Å². The van der Waals surface area contributed by atoms with Gasteiger partial charge in [-0.25, -0.2) is 8.78 Å². The van der Waals surface area contributed by atoms with Crippen molar-refractivity contribution < 1.29 is 22.0 Å². The van der Waals surface area contributed by atoms with Crippen molar-refractivity contribution in [1.29, 1.82) is 0 Å². The summed E-state index contributed by atoms with van der Waals surface area (Å²) in [6.45, 7) is 0. The molecule has 0 saturated carbocycles. The highest BCUT2D eigenvalue weighted by Crippen LogP contribution is 2.36. The maximum atomic E-state index is 12.6. The Labute approximate surface area is 71.0 Å². The molecule has 0 heterocycles. The van der Waals surface area contributed by atoms with Crippen molar-refractivity contribution in [2.24, 2.45) is 0 Å². The summed E-state index contributed by atoms with van der Waals surface area (Å²) in [7, 11) is 0. The van der Waals surface area contributed by atoms with Gasteiger partial charge < -0.3 is 0 Å². The highest BCUT2D eigenvalue weighted by atomic mass is 19.4. The number of halogens is 5. The van der Waals surface area contributed by atoms with Gasteiger partial charge in [-0.3, -0.25) is 0 Å². The van der Waals surface area contributed by atoms with Crippen molar-refractivity contribution in [2.75, 3.05) is 0 Å². The van der Waals surface area contributed by atoms with E-state index in [0.29, 0.717) is 0 Å². The van der Waals surface area contributed by atoms with Crippen molar-refractivity contribution in [2.45, 2.75) is 12.3 Å². The summed E-state index contributed by atoms with van der Waals surface area (Å²) in [5, 5.41) is 0. The molecule has 0 aliphatic heterocycles. The molecule has 0 nitrogen and oxygen atoms in total. The molecule has 0 radical (unpaired) electrons. The lowest BCUT2D eigenvalue weighted by atomic mass is 10.1. The first-order chi connectivity index (χ1) is 5.93. The van der Waals surface area contributed by atoms with E-state index in [1.54, 1.807) is 0 Å². The zero-order chi connectivity index (χ0) is 10.1. The molecule has 0 spiro atoms. The summed E-state index contributed by atoms with van der Waals surface area (Å²) in [6, 6.07) is 3.90. The Morgan fingerprint density at radius 1 is 1.08 bits per heavy atom. The van der Waals surface area contributed by atoms with Crippen molar-refractivity contribution in [3.05, 3.63) is 35.6 Å². The van der Waals surface area contributed by atoms with E-state index >= 15 is 0 Å². The van der Waals surface area contributed by atoms with Crippen molar-refractivity contribution in [3.8, 4) is 0 Å². The SMILES string of the molecule is Fc1ccccc1C(F)C(F)(F)F. The van der Waals surface area contributed by atoms with Gasteiger partial charge in [0.1, 0.15) is 5.82 Å². The van der Waals surface area contributed by atoms with E-state index in [0.717, 1.165) is 18.2 Å². The summed E-state index contributed by atoms with van der Waals surface area (Å²) in [6.07, 6.45) is -8.31. The molecule has 1 unspecified atom stereocenters. The summed E-state index contributed by atoms with van der Waals surface area (Å²) in [5.41, 5.74) is -0.977. The number of rotatable bonds is 1. The molecule has 5 heteroatoms. The van der Waals surface area contributed by atoms with Gasteiger partial charge in [-0.2, -0.15) is 13.2 Å². The smallest absolute Gasteiger partial charge is 0.232 e. The number of benzene rings is 1. The van der Waals surface area contributed by atoms with Gasteiger partial charge >= 0.3 is 6.18 Å². The molecule has 0 aliphatic carbocycles. The molecule has 0 aliphatic rings. The zero-order valence-corrected chi connectivity index (χ0v) is 6.28. The maximum Gasteiger partial charge on any atom is 0.424 e. The highest BCUT2D eigenvalue weighted by molar-refractivity contribution is 5.20. The Hall–Kier alpha value is -1.13. The van der Waals surface area contributed by atoms with E-state index in [1.807, 2.05) is 0 Å². The highest BCUT2D eigenvalue weighted by Gasteiger charge is 2.42.